The Kier molecular flexibility index (Phi) is 3.80. The van der Waals surface area contributed by atoms with Crippen LogP contribution in [-0.2, 0) is 11.3 Å². The first-order chi connectivity index (χ1) is 9.19. The standard InChI is InChI=1S/C15H16N2O2/c1-4-14(16-3)11-5-10(2)15-12(6-11)7-13(19-15)8-17-9-18/h4-7,9H,3,8H2,1-2H3,(H,17,18)/b14-4-. The third-order valence-corrected chi connectivity index (χ3v) is 2.95. The largest absolute Gasteiger partial charge is 0.459 e. The maximum atomic E-state index is 10.3. The number of fused-ring (bicyclic) bond motifs is 1. The summed E-state index contributed by atoms with van der Waals surface area (Å²) in [7, 11) is 0. The molecule has 0 spiro atoms. The van der Waals surface area contributed by atoms with Gasteiger partial charge in [-0.2, -0.15) is 0 Å². The van der Waals surface area contributed by atoms with E-state index in [-0.39, 0.29) is 0 Å². The zero-order valence-electron chi connectivity index (χ0n) is 11.1. The highest BCUT2D eigenvalue weighted by Gasteiger charge is 2.09. The quantitative estimate of drug-likeness (QED) is 0.660. The number of amides is 1. The molecular weight excluding hydrogens is 240 g/mol. The van der Waals surface area contributed by atoms with Gasteiger partial charge in [-0.05, 0) is 44.3 Å². The Morgan fingerprint density at radius 2 is 2.26 bits per heavy atom. The van der Waals surface area contributed by atoms with Crippen LogP contribution >= 0.6 is 0 Å². The van der Waals surface area contributed by atoms with Crippen LogP contribution in [-0.4, -0.2) is 13.1 Å². The maximum absolute atomic E-state index is 10.3. The van der Waals surface area contributed by atoms with Gasteiger partial charge in [0.05, 0.1) is 12.2 Å². The zero-order valence-corrected chi connectivity index (χ0v) is 11.1. The number of aliphatic imine (C=N–C) groups is 1. The average Bonchev–Trinajstić information content (AvgIpc) is 2.81. The molecule has 98 valence electrons. The molecule has 0 saturated heterocycles. The summed E-state index contributed by atoms with van der Waals surface area (Å²) in [6.45, 7) is 7.88. The van der Waals surface area contributed by atoms with Crippen molar-refractivity contribution in [2.45, 2.75) is 20.4 Å². The third kappa shape index (κ3) is 2.57. The first kappa shape index (κ1) is 13.1. The number of furan rings is 1. The van der Waals surface area contributed by atoms with E-state index in [1.54, 1.807) is 0 Å². The Morgan fingerprint density at radius 3 is 2.89 bits per heavy atom. The molecule has 1 N–H and O–H groups in total. The van der Waals surface area contributed by atoms with E-state index in [4.69, 9.17) is 4.42 Å². The number of rotatable bonds is 5. The topological polar surface area (TPSA) is 54.6 Å². The molecule has 19 heavy (non-hydrogen) atoms. The zero-order chi connectivity index (χ0) is 13.8. The SMILES string of the molecule is C=N/C(=C\C)c1cc(C)c2oc(CNC=O)cc2c1. The molecule has 1 heterocycles. The van der Waals surface area contributed by atoms with E-state index in [0.717, 1.165) is 33.6 Å². The number of hydrogen-bond acceptors (Lipinski definition) is 3. The highest BCUT2D eigenvalue weighted by Crippen LogP contribution is 2.28. The van der Waals surface area contributed by atoms with Crippen LogP contribution in [0.5, 0.6) is 0 Å². The highest BCUT2D eigenvalue weighted by molar-refractivity contribution is 5.86. The first-order valence-electron chi connectivity index (χ1n) is 6.03. The van der Waals surface area contributed by atoms with Crippen LogP contribution in [0.1, 0.15) is 23.8 Å². The van der Waals surface area contributed by atoms with Crippen LogP contribution in [0, 0.1) is 6.92 Å². The van der Waals surface area contributed by atoms with Crippen molar-refractivity contribution in [2.24, 2.45) is 4.99 Å². The second-order valence-corrected chi connectivity index (χ2v) is 4.25. The van der Waals surface area contributed by atoms with Gasteiger partial charge in [-0.25, -0.2) is 0 Å². The van der Waals surface area contributed by atoms with Crippen molar-refractivity contribution in [1.29, 1.82) is 0 Å². The minimum atomic E-state index is 0.392. The van der Waals surface area contributed by atoms with Gasteiger partial charge in [0.2, 0.25) is 6.41 Å². The van der Waals surface area contributed by atoms with Crippen LogP contribution in [0.2, 0.25) is 0 Å². The Labute approximate surface area is 111 Å². The molecule has 0 unspecified atom stereocenters. The van der Waals surface area contributed by atoms with Gasteiger partial charge in [-0.3, -0.25) is 9.79 Å². The molecule has 0 atom stereocenters. The minimum absolute atomic E-state index is 0.392. The molecule has 0 aliphatic rings. The normalized spacial score (nSPS) is 11.6. The summed E-state index contributed by atoms with van der Waals surface area (Å²) in [6, 6.07) is 5.96. The number of carbonyl (C=O) groups is 1. The number of aryl methyl sites for hydroxylation is 1. The van der Waals surface area contributed by atoms with E-state index in [0.29, 0.717) is 13.0 Å². The van der Waals surface area contributed by atoms with Crippen LogP contribution in [0.25, 0.3) is 16.7 Å². The van der Waals surface area contributed by atoms with E-state index < -0.39 is 0 Å². The van der Waals surface area contributed by atoms with Gasteiger partial charge in [0.15, 0.2) is 0 Å². The van der Waals surface area contributed by atoms with Crippen LogP contribution in [0.3, 0.4) is 0 Å². The third-order valence-electron chi connectivity index (χ3n) is 2.95. The maximum Gasteiger partial charge on any atom is 0.207 e. The van der Waals surface area contributed by atoms with Crippen molar-refractivity contribution < 1.29 is 9.21 Å². The van der Waals surface area contributed by atoms with Gasteiger partial charge < -0.3 is 9.73 Å². The van der Waals surface area contributed by atoms with E-state index in [1.165, 1.54) is 0 Å². The molecule has 1 amide bonds. The predicted molar refractivity (Wildman–Crippen MR) is 77.1 cm³/mol. The van der Waals surface area contributed by atoms with Crippen molar-refractivity contribution in [2.75, 3.05) is 0 Å². The molecule has 0 fully saturated rings. The smallest absolute Gasteiger partial charge is 0.207 e. The first-order valence-corrected chi connectivity index (χ1v) is 6.03. The number of hydrogen-bond donors (Lipinski definition) is 1. The number of carbonyl (C=O) groups excluding carboxylic acids is 1. The Hall–Kier alpha value is -2.36. The molecule has 2 rings (SSSR count). The second-order valence-electron chi connectivity index (χ2n) is 4.25. The molecule has 4 heteroatoms. The van der Waals surface area contributed by atoms with Crippen LogP contribution < -0.4 is 5.32 Å². The molecule has 0 aliphatic heterocycles. The highest BCUT2D eigenvalue weighted by atomic mass is 16.3. The molecule has 0 bridgehead atoms. The van der Waals surface area contributed by atoms with Crippen molar-refractivity contribution in [3.8, 4) is 0 Å². The summed E-state index contributed by atoms with van der Waals surface area (Å²) in [5.41, 5.74) is 3.73. The summed E-state index contributed by atoms with van der Waals surface area (Å²) < 4.78 is 5.72. The molecule has 0 saturated carbocycles. The van der Waals surface area contributed by atoms with Crippen LogP contribution in [0.15, 0.2) is 33.7 Å². The number of allylic oxidation sites excluding steroid dienone is 1. The van der Waals surface area contributed by atoms with Gasteiger partial charge >= 0.3 is 0 Å². The van der Waals surface area contributed by atoms with E-state index in [1.807, 2.05) is 38.1 Å². The number of benzene rings is 1. The molecule has 4 nitrogen and oxygen atoms in total. The number of nitrogens with zero attached hydrogens (tertiary/aromatic N) is 1. The molecule has 0 aliphatic carbocycles. The van der Waals surface area contributed by atoms with Crippen LogP contribution in [0.4, 0.5) is 0 Å². The molecule has 1 aromatic carbocycles. The lowest BCUT2D eigenvalue weighted by Crippen LogP contribution is -2.08. The van der Waals surface area contributed by atoms with Gasteiger partial charge in [0.1, 0.15) is 11.3 Å². The Bertz CT molecular complexity index is 653. The van der Waals surface area contributed by atoms with Crippen molar-refractivity contribution in [1.82, 2.24) is 5.32 Å². The predicted octanol–water partition coefficient (Wildman–Crippen LogP) is 3.05. The second kappa shape index (κ2) is 5.52. The lowest BCUT2D eigenvalue weighted by molar-refractivity contribution is -0.109. The minimum Gasteiger partial charge on any atom is -0.459 e. The lowest BCUT2D eigenvalue weighted by atomic mass is 10.1. The summed E-state index contributed by atoms with van der Waals surface area (Å²) in [6.07, 6.45) is 2.58. The summed E-state index contributed by atoms with van der Waals surface area (Å²) in [4.78, 5) is 14.3. The van der Waals surface area contributed by atoms with Crippen molar-refractivity contribution in [3.05, 3.63) is 41.2 Å². The fourth-order valence-electron chi connectivity index (χ4n) is 2.11. The Morgan fingerprint density at radius 1 is 1.47 bits per heavy atom. The molecule has 1 aromatic heterocycles. The van der Waals surface area contributed by atoms with E-state index >= 15 is 0 Å². The van der Waals surface area contributed by atoms with E-state index in [9.17, 15) is 4.79 Å². The van der Waals surface area contributed by atoms with E-state index in [2.05, 4.69) is 17.0 Å². The average molecular weight is 256 g/mol. The number of nitrogens with one attached hydrogen (secondary N) is 1. The molecule has 2 aromatic rings. The van der Waals surface area contributed by atoms with Gasteiger partial charge in [-0.1, -0.05) is 6.08 Å². The van der Waals surface area contributed by atoms with Gasteiger partial charge in [0, 0.05) is 10.9 Å². The summed E-state index contributed by atoms with van der Waals surface area (Å²) in [5, 5.41) is 3.59. The molecular formula is C15H16N2O2. The fraction of sp³-hybridized carbons (Fsp3) is 0.200. The lowest BCUT2D eigenvalue weighted by Gasteiger charge is -2.03. The Balaban J connectivity index is 2.50. The summed E-state index contributed by atoms with van der Waals surface area (Å²) in [5.74, 6) is 0.732. The van der Waals surface area contributed by atoms with Gasteiger partial charge in [0.25, 0.3) is 0 Å². The van der Waals surface area contributed by atoms with Crippen molar-refractivity contribution in [3.63, 3.8) is 0 Å². The monoisotopic (exact) mass is 256 g/mol. The fourth-order valence-corrected chi connectivity index (χ4v) is 2.11. The van der Waals surface area contributed by atoms with Crippen molar-refractivity contribution >= 4 is 29.8 Å². The summed E-state index contributed by atoms with van der Waals surface area (Å²) >= 11 is 0. The molecule has 0 radical (unpaired) electrons. The van der Waals surface area contributed by atoms with Gasteiger partial charge in [-0.15, -0.1) is 0 Å².